The third kappa shape index (κ3) is 3.93. The molecule has 2 aromatic carbocycles. The van der Waals surface area contributed by atoms with Gasteiger partial charge in [0.15, 0.2) is 5.78 Å². The van der Waals surface area contributed by atoms with E-state index in [-0.39, 0.29) is 5.78 Å². The molecule has 0 bridgehead atoms. The second kappa shape index (κ2) is 8.83. The van der Waals surface area contributed by atoms with E-state index in [1.807, 2.05) is 48.9 Å². The fraction of sp³-hybridized carbons (Fsp3) is 0.286. The predicted molar refractivity (Wildman–Crippen MR) is 131 cm³/mol. The molecule has 0 N–H and O–H groups in total. The zero-order valence-corrected chi connectivity index (χ0v) is 19.4. The molecule has 1 aliphatic rings. The van der Waals surface area contributed by atoms with E-state index < -0.39 is 0 Å². The van der Waals surface area contributed by atoms with Crippen LogP contribution in [0.5, 0.6) is 5.75 Å². The highest BCUT2D eigenvalue weighted by molar-refractivity contribution is 6.06. The highest BCUT2D eigenvalue weighted by Crippen LogP contribution is 2.39. The molecule has 5 rings (SSSR count). The first-order valence-electron chi connectivity index (χ1n) is 11.5. The number of methoxy groups -OCH3 is 1. The van der Waals surface area contributed by atoms with Crippen LogP contribution >= 0.6 is 0 Å². The van der Waals surface area contributed by atoms with Gasteiger partial charge in [0.25, 0.3) is 0 Å². The number of hydrogen-bond acceptors (Lipinski definition) is 4. The van der Waals surface area contributed by atoms with Crippen molar-refractivity contribution in [2.24, 2.45) is 0 Å². The van der Waals surface area contributed by atoms with E-state index in [4.69, 9.17) is 4.74 Å². The number of ether oxygens (including phenoxy) is 1. The molecule has 168 valence electrons. The Morgan fingerprint density at radius 1 is 1.12 bits per heavy atom. The third-order valence-corrected chi connectivity index (χ3v) is 6.91. The van der Waals surface area contributed by atoms with Gasteiger partial charge in [0.05, 0.1) is 24.5 Å². The quantitative estimate of drug-likeness (QED) is 0.339. The standard InChI is InChI=1S/C28H29N3O2/c1-19(21-9-11-24(33-3)12-10-21)30-14-5-8-27(30)22-16-23(18-29-17-22)31-15-13-26-25(20(2)32)6-4-7-28(26)31/h4,6-7,9-13,15-19,27H,5,8,14H2,1-3H3/t19-,27+/m1/s1. The lowest BCUT2D eigenvalue weighted by molar-refractivity contribution is 0.101. The van der Waals surface area contributed by atoms with Crippen LogP contribution in [0, 0.1) is 0 Å². The molecule has 5 heteroatoms. The Balaban J connectivity index is 1.47. The normalized spacial score (nSPS) is 17.4. The number of carbonyl (C=O) groups excluding carboxylic acids is 1. The molecule has 1 fully saturated rings. The number of carbonyl (C=O) groups is 1. The molecule has 0 saturated carbocycles. The molecule has 0 aliphatic carbocycles. The van der Waals surface area contributed by atoms with E-state index in [9.17, 15) is 4.79 Å². The maximum absolute atomic E-state index is 12.1. The summed E-state index contributed by atoms with van der Waals surface area (Å²) in [6.45, 7) is 4.96. The largest absolute Gasteiger partial charge is 0.497 e. The van der Waals surface area contributed by atoms with E-state index in [0.29, 0.717) is 12.1 Å². The minimum Gasteiger partial charge on any atom is -0.497 e. The van der Waals surface area contributed by atoms with E-state index in [1.165, 1.54) is 17.5 Å². The molecule has 0 amide bonds. The number of Topliss-reactive ketones (excluding diaryl/α,β-unsaturated/α-hetero) is 1. The summed E-state index contributed by atoms with van der Waals surface area (Å²) in [5, 5.41) is 0.978. The molecule has 0 unspecified atom stereocenters. The predicted octanol–water partition coefficient (Wildman–Crippen LogP) is 6.13. The maximum atomic E-state index is 12.1. The van der Waals surface area contributed by atoms with Crippen molar-refractivity contribution in [3.8, 4) is 11.4 Å². The summed E-state index contributed by atoms with van der Waals surface area (Å²) in [6, 6.07) is 19.2. The number of likely N-dealkylation sites (tertiary alicyclic amines) is 1. The first-order chi connectivity index (χ1) is 16.1. The number of rotatable bonds is 6. The lowest BCUT2D eigenvalue weighted by Crippen LogP contribution is -2.26. The van der Waals surface area contributed by atoms with Gasteiger partial charge < -0.3 is 9.30 Å². The van der Waals surface area contributed by atoms with Crippen molar-refractivity contribution < 1.29 is 9.53 Å². The van der Waals surface area contributed by atoms with Gasteiger partial charge in [0.1, 0.15) is 5.75 Å². The van der Waals surface area contributed by atoms with Gasteiger partial charge in [-0.1, -0.05) is 24.3 Å². The highest BCUT2D eigenvalue weighted by Gasteiger charge is 2.31. The van der Waals surface area contributed by atoms with Gasteiger partial charge >= 0.3 is 0 Å². The zero-order chi connectivity index (χ0) is 22.9. The van der Waals surface area contributed by atoms with Crippen LogP contribution in [0.25, 0.3) is 16.6 Å². The Bertz CT molecular complexity index is 1290. The fourth-order valence-electron chi connectivity index (χ4n) is 5.14. The van der Waals surface area contributed by atoms with Crippen LogP contribution in [0.2, 0.25) is 0 Å². The number of nitrogens with zero attached hydrogens (tertiary/aromatic N) is 3. The Kier molecular flexibility index (Phi) is 5.73. The van der Waals surface area contributed by atoms with Gasteiger partial charge in [-0.15, -0.1) is 0 Å². The molecule has 4 aromatic rings. The first-order valence-corrected chi connectivity index (χ1v) is 11.5. The van der Waals surface area contributed by atoms with Crippen LogP contribution in [0.3, 0.4) is 0 Å². The fourth-order valence-corrected chi connectivity index (χ4v) is 5.14. The topological polar surface area (TPSA) is 47.4 Å². The smallest absolute Gasteiger partial charge is 0.160 e. The van der Waals surface area contributed by atoms with Crippen molar-refractivity contribution in [1.82, 2.24) is 14.5 Å². The molecule has 2 atom stereocenters. The lowest BCUT2D eigenvalue weighted by Gasteiger charge is -2.31. The molecule has 33 heavy (non-hydrogen) atoms. The van der Waals surface area contributed by atoms with E-state index in [1.54, 1.807) is 14.0 Å². The number of fused-ring (bicyclic) bond motifs is 1. The Morgan fingerprint density at radius 2 is 1.94 bits per heavy atom. The summed E-state index contributed by atoms with van der Waals surface area (Å²) in [5.74, 6) is 0.965. The summed E-state index contributed by atoms with van der Waals surface area (Å²) in [6.07, 6.45) is 8.22. The molecule has 5 nitrogen and oxygen atoms in total. The molecule has 0 spiro atoms. The summed E-state index contributed by atoms with van der Waals surface area (Å²) in [4.78, 5) is 19.2. The molecule has 1 saturated heterocycles. The maximum Gasteiger partial charge on any atom is 0.160 e. The van der Waals surface area contributed by atoms with Gasteiger partial charge in [-0.2, -0.15) is 0 Å². The van der Waals surface area contributed by atoms with Gasteiger partial charge in [-0.25, -0.2) is 0 Å². The van der Waals surface area contributed by atoms with Crippen LogP contribution in [0.15, 0.2) is 73.2 Å². The Morgan fingerprint density at radius 3 is 2.70 bits per heavy atom. The molecule has 3 heterocycles. The Hall–Kier alpha value is -3.44. The third-order valence-electron chi connectivity index (χ3n) is 6.91. The monoisotopic (exact) mass is 439 g/mol. The molecule has 1 aliphatic heterocycles. The van der Waals surface area contributed by atoms with E-state index in [2.05, 4.69) is 45.6 Å². The summed E-state index contributed by atoms with van der Waals surface area (Å²) in [5.41, 5.74) is 5.32. The van der Waals surface area contributed by atoms with Crippen molar-refractivity contribution in [3.05, 3.63) is 89.9 Å². The van der Waals surface area contributed by atoms with E-state index >= 15 is 0 Å². The number of ketones is 1. The van der Waals surface area contributed by atoms with Crippen molar-refractivity contribution in [2.75, 3.05) is 13.7 Å². The van der Waals surface area contributed by atoms with E-state index in [0.717, 1.165) is 40.9 Å². The van der Waals surface area contributed by atoms with Gasteiger partial charge in [0, 0.05) is 35.4 Å². The van der Waals surface area contributed by atoms with Crippen LogP contribution in [0.4, 0.5) is 0 Å². The SMILES string of the molecule is COc1ccc([C@@H](C)N2CCC[C@H]2c2cncc(-n3ccc4c(C(C)=O)cccc43)c2)cc1. The Labute approximate surface area is 194 Å². The second-order valence-corrected chi connectivity index (χ2v) is 8.80. The molecular formula is C28H29N3O2. The first kappa shape index (κ1) is 21.4. The molecule has 0 radical (unpaired) electrons. The number of pyridine rings is 1. The van der Waals surface area contributed by atoms with Crippen LogP contribution in [0.1, 0.15) is 60.3 Å². The minimum atomic E-state index is 0.0827. The summed E-state index contributed by atoms with van der Waals surface area (Å²) >= 11 is 0. The zero-order valence-electron chi connectivity index (χ0n) is 19.4. The van der Waals surface area contributed by atoms with Crippen molar-refractivity contribution in [1.29, 1.82) is 0 Å². The minimum absolute atomic E-state index is 0.0827. The van der Waals surface area contributed by atoms with Crippen molar-refractivity contribution in [2.45, 2.75) is 38.8 Å². The molecule has 2 aromatic heterocycles. The molecular weight excluding hydrogens is 410 g/mol. The number of benzene rings is 2. The summed E-state index contributed by atoms with van der Waals surface area (Å²) < 4.78 is 7.45. The van der Waals surface area contributed by atoms with Crippen LogP contribution < -0.4 is 4.74 Å². The average Bonchev–Trinajstić information content (AvgIpc) is 3.51. The van der Waals surface area contributed by atoms with Crippen molar-refractivity contribution in [3.63, 3.8) is 0 Å². The second-order valence-electron chi connectivity index (χ2n) is 8.80. The lowest BCUT2D eigenvalue weighted by atomic mass is 10.0. The number of hydrogen-bond donors (Lipinski definition) is 0. The van der Waals surface area contributed by atoms with Gasteiger partial charge in [-0.3, -0.25) is 14.7 Å². The highest BCUT2D eigenvalue weighted by atomic mass is 16.5. The number of aromatic nitrogens is 2. The van der Waals surface area contributed by atoms with Gasteiger partial charge in [-0.05, 0) is 74.7 Å². The average molecular weight is 440 g/mol. The van der Waals surface area contributed by atoms with Crippen LogP contribution in [-0.4, -0.2) is 33.9 Å². The van der Waals surface area contributed by atoms with Crippen molar-refractivity contribution >= 4 is 16.7 Å². The van der Waals surface area contributed by atoms with Gasteiger partial charge in [0.2, 0.25) is 0 Å². The van der Waals surface area contributed by atoms with Crippen LogP contribution in [-0.2, 0) is 0 Å². The summed E-state index contributed by atoms with van der Waals surface area (Å²) in [7, 11) is 1.70.